The molecule has 0 spiro atoms. The molecule has 1 heterocycles. The van der Waals surface area contributed by atoms with Gasteiger partial charge >= 0.3 is 7.12 Å². The van der Waals surface area contributed by atoms with Crippen LogP contribution in [0.5, 0.6) is 0 Å². The highest BCUT2D eigenvalue weighted by Crippen LogP contribution is 2.36. The fraction of sp³-hybridized carbons (Fsp3) is 0.611. The first kappa shape index (κ1) is 18.0. The Morgan fingerprint density at radius 2 is 1.78 bits per heavy atom. The van der Waals surface area contributed by atoms with Gasteiger partial charge in [-0.3, -0.25) is 4.79 Å². The van der Waals surface area contributed by atoms with Gasteiger partial charge in [0.25, 0.3) is 5.91 Å². The molecule has 1 N–H and O–H groups in total. The molecule has 0 bridgehead atoms. The second kappa shape index (κ2) is 6.66. The number of unbranched alkanes of at least 4 members (excludes halogenated alkanes) is 1. The highest BCUT2D eigenvalue weighted by atomic mass is 16.7. The van der Waals surface area contributed by atoms with E-state index in [2.05, 4.69) is 12.2 Å². The van der Waals surface area contributed by atoms with Gasteiger partial charge in [0.2, 0.25) is 0 Å². The van der Waals surface area contributed by atoms with Gasteiger partial charge in [-0.15, -0.1) is 0 Å². The fourth-order valence-electron chi connectivity index (χ4n) is 2.53. The Balaban J connectivity index is 2.13. The van der Waals surface area contributed by atoms with Gasteiger partial charge in [0.05, 0.1) is 11.2 Å². The minimum atomic E-state index is -0.391. The average molecular weight is 317 g/mol. The van der Waals surface area contributed by atoms with Gasteiger partial charge in [-0.2, -0.15) is 0 Å². The first-order chi connectivity index (χ1) is 10.7. The van der Waals surface area contributed by atoms with Crippen LogP contribution in [-0.2, 0) is 9.31 Å². The normalized spacial score (nSPS) is 19.0. The van der Waals surface area contributed by atoms with Crippen molar-refractivity contribution in [1.82, 2.24) is 5.32 Å². The Labute approximate surface area is 140 Å². The van der Waals surface area contributed by atoms with E-state index in [-0.39, 0.29) is 17.1 Å². The summed E-state index contributed by atoms with van der Waals surface area (Å²) in [5.41, 5.74) is 1.94. The molecule has 2 rings (SSSR count). The molecule has 0 radical (unpaired) electrons. The van der Waals surface area contributed by atoms with Crippen molar-refractivity contribution in [3.05, 3.63) is 29.3 Å². The Hall–Kier alpha value is -1.33. The van der Waals surface area contributed by atoms with Crippen molar-refractivity contribution in [2.75, 3.05) is 6.54 Å². The first-order valence-corrected chi connectivity index (χ1v) is 8.42. The molecule has 0 aromatic heterocycles. The second-order valence-electron chi connectivity index (χ2n) is 7.27. The molecule has 5 heteroatoms. The summed E-state index contributed by atoms with van der Waals surface area (Å²) in [6.07, 6.45) is 2.07. The molecule has 1 aliphatic rings. The maximum Gasteiger partial charge on any atom is 0.495 e. The topological polar surface area (TPSA) is 47.6 Å². The van der Waals surface area contributed by atoms with Crippen LogP contribution in [0.1, 0.15) is 63.4 Å². The SMILES string of the molecule is CCCCNC(=O)c1ccc(B2OC(C)(C)C(C)(C)O2)c(C)c1. The number of benzene rings is 1. The van der Waals surface area contributed by atoms with E-state index in [9.17, 15) is 4.79 Å². The van der Waals surface area contributed by atoms with Crippen molar-refractivity contribution >= 4 is 18.5 Å². The van der Waals surface area contributed by atoms with E-state index in [0.29, 0.717) is 12.1 Å². The summed E-state index contributed by atoms with van der Waals surface area (Å²) in [4.78, 5) is 12.1. The molecule has 0 unspecified atom stereocenters. The predicted octanol–water partition coefficient (Wildman–Crippen LogP) is 2.82. The Morgan fingerprint density at radius 1 is 1.17 bits per heavy atom. The monoisotopic (exact) mass is 317 g/mol. The summed E-state index contributed by atoms with van der Waals surface area (Å²) in [6, 6.07) is 5.68. The van der Waals surface area contributed by atoms with Gasteiger partial charge in [-0.1, -0.05) is 25.0 Å². The highest BCUT2D eigenvalue weighted by Gasteiger charge is 2.52. The van der Waals surface area contributed by atoms with Crippen LogP contribution in [0.15, 0.2) is 18.2 Å². The maximum absolute atomic E-state index is 12.1. The van der Waals surface area contributed by atoms with E-state index in [0.717, 1.165) is 23.9 Å². The number of carbonyl (C=O) groups is 1. The van der Waals surface area contributed by atoms with Crippen LogP contribution in [-0.4, -0.2) is 30.8 Å². The third-order valence-corrected chi connectivity index (χ3v) is 4.86. The zero-order chi connectivity index (χ0) is 17.3. The van der Waals surface area contributed by atoms with Crippen molar-refractivity contribution in [3.63, 3.8) is 0 Å². The van der Waals surface area contributed by atoms with E-state index >= 15 is 0 Å². The summed E-state index contributed by atoms with van der Waals surface area (Å²) in [5.74, 6) is -0.0259. The molecule has 1 aromatic rings. The second-order valence-corrected chi connectivity index (χ2v) is 7.27. The molecule has 126 valence electrons. The van der Waals surface area contributed by atoms with Crippen LogP contribution >= 0.6 is 0 Å². The molecule has 4 nitrogen and oxygen atoms in total. The fourth-order valence-corrected chi connectivity index (χ4v) is 2.53. The molecule has 23 heavy (non-hydrogen) atoms. The zero-order valence-corrected chi connectivity index (χ0v) is 15.2. The van der Waals surface area contributed by atoms with Gasteiger partial charge in [0, 0.05) is 12.1 Å². The van der Waals surface area contributed by atoms with Crippen molar-refractivity contribution in [2.24, 2.45) is 0 Å². The summed E-state index contributed by atoms with van der Waals surface area (Å²) in [6.45, 7) is 13.0. The predicted molar refractivity (Wildman–Crippen MR) is 94.1 cm³/mol. The minimum Gasteiger partial charge on any atom is -0.399 e. The van der Waals surface area contributed by atoms with Crippen LogP contribution in [0, 0.1) is 6.92 Å². The number of rotatable bonds is 5. The molecule has 1 aromatic carbocycles. The molecule has 1 amide bonds. The van der Waals surface area contributed by atoms with Crippen molar-refractivity contribution in [3.8, 4) is 0 Å². The minimum absolute atomic E-state index is 0.0259. The van der Waals surface area contributed by atoms with Crippen LogP contribution in [0.3, 0.4) is 0 Å². The number of aryl methyl sites for hydroxylation is 1. The summed E-state index contributed by atoms with van der Waals surface area (Å²) < 4.78 is 12.2. The van der Waals surface area contributed by atoms with Gasteiger partial charge in [-0.25, -0.2) is 0 Å². The molecule has 0 saturated carbocycles. The molecule has 1 fully saturated rings. The molecule has 1 saturated heterocycles. The van der Waals surface area contributed by atoms with E-state index in [1.807, 2.05) is 52.8 Å². The number of hydrogen-bond donors (Lipinski definition) is 1. The standard InChI is InChI=1S/C18H28BNO3/c1-7-8-11-20-16(21)14-9-10-15(13(2)12-14)19-22-17(3,4)18(5,6)23-19/h9-10,12H,7-8,11H2,1-6H3,(H,20,21). The van der Waals surface area contributed by atoms with Gasteiger partial charge < -0.3 is 14.6 Å². The molecule has 1 aliphatic heterocycles. The lowest BCUT2D eigenvalue weighted by molar-refractivity contribution is 0.00578. The maximum atomic E-state index is 12.1. The lowest BCUT2D eigenvalue weighted by atomic mass is 9.76. The van der Waals surface area contributed by atoms with Crippen LogP contribution in [0.4, 0.5) is 0 Å². The molecular weight excluding hydrogens is 289 g/mol. The Morgan fingerprint density at radius 3 is 2.30 bits per heavy atom. The van der Waals surface area contributed by atoms with Crippen molar-refractivity contribution < 1.29 is 14.1 Å². The number of amides is 1. The first-order valence-electron chi connectivity index (χ1n) is 8.42. The Kier molecular flexibility index (Phi) is 5.22. The van der Waals surface area contributed by atoms with E-state index < -0.39 is 7.12 Å². The summed E-state index contributed by atoms with van der Waals surface area (Å²) in [7, 11) is -0.391. The van der Waals surface area contributed by atoms with Gasteiger partial charge in [0.1, 0.15) is 0 Å². The zero-order valence-electron chi connectivity index (χ0n) is 15.2. The molecule has 0 aliphatic carbocycles. The number of nitrogens with one attached hydrogen (secondary N) is 1. The third kappa shape index (κ3) is 3.78. The third-order valence-electron chi connectivity index (χ3n) is 4.86. The van der Waals surface area contributed by atoms with Crippen molar-refractivity contribution in [2.45, 2.75) is 65.6 Å². The number of carbonyl (C=O) groups excluding carboxylic acids is 1. The smallest absolute Gasteiger partial charge is 0.399 e. The van der Waals surface area contributed by atoms with Crippen LogP contribution in [0.2, 0.25) is 0 Å². The summed E-state index contributed by atoms with van der Waals surface area (Å²) in [5, 5.41) is 2.94. The average Bonchev–Trinajstić information content (AvgIpc) is 2.67. The number of hydrogen-bond acceptors (Lipinski definition) is 3. The van der Waals surface area contributed by atoms with E-state index in [4.69, 9.17) is 9.31 Å². The summed E-state index contributed by atoms with van der Waals surface area (Å²) >= 11 is 0. The largest absolute Gasteiger partial charge is 0.495 e. The van der Waals surface area contributed by atoms with Crippen LogP contribution in [0.25, 0.3) is 0 Å². The van der Waals surface area contributed by atoms with Gasteiger partial charge in [-0.05, 0) is 58.6 Å². The van der Waals surface area contributed by atoms with E-state index in [1.54, 1.807) is 0 Å². The molecule has 0 atom stereocenters. The Bertz CT molecular complexity index is 568. The lowest BCUT2D eigenvalue weighted by Crippen LogP contribution is -2.41. The van der Waals surface area contributed by atoms with Crippen molar-refractivity contribution in [1.29, 1.82) is 0 Å². The van der Waals surface area contributed by atoms with Crippen LogP contribution < -0.4 is 10.8 Å². The van der Waals surface area contributed by atoms with E-state index in [1.165, 1.54) is 0 Å². The highest BCUT2D eigenvalue weighted by molar-refractivity contribution is 6.62. The molecular formula is C18H28BNO3. The van der Waals surface area contributed by atoms with Gasteiger partial charge in [0.15, 0.2) is 0 Å². The lowest BCUT2D eigenvalue weighted by Gasteiger charge is -2.32. The quantitative estimate of drug-likeness (QED) is 0.671.